The van der Waals surface area contributed by atoms with Crippen LogP contribution in [0.4, 0.5) is 0 Å². The number of carbonyl (C=O) groups is 7. The van der Waals surface area contributed by atoms with Gasteiger partial charge >= 0.3 is 23.9 Å². The van der Waals surface area contributed by atoms with Crippen molar-refractivity contribution in [2.75, 3.05) is 13.2 Å². The Bertz CT molecular complexity index is 1280. The van der Waals surface area contributed by atoms with Crippen LogP contribution in [0.5, 0.6) is 0 Å². The van der Waals surface area contributed by atoms with E-state index < -0.39 is 82.8 Å². The van der Waals surface area contributed by atoms with Gasteiger partial charge in [-0.3, -0.25) is 24.0 Å². The highest BCUT2D eigenvalue weighted by Crippen LogP contribution is 2.30. The number of benzene rings is 1. The smallest absolute Gasteiger partial charge is 0.326 e. The van der Waals surface area contributed by atoms with Crippen molar-refractivity contribution in [1.82, 2.24) is 10.6 Å². The Morgan fingerprint density at radius 2 is 1.19 bits per heavy atom. The minimum atomic E-state index is -1.43. The van der Waals surface area contributed by atoms with Gasteiger partial charge in [0.05, 0.1) is 23.8 Å². The van der Waals surface area contributed by atoms with Crippen molar-refractivity contribution < 1.29 is 58.4 Å². The summed E-state index contributed by atoms with van der Waals surface area (Å²) in [5, 5.41) is 34.8. The molecule has 0 aliphatic carbocycles. The Morgan fingerprint density at radius 1 is 0.750 bits per heavy atom. The van der Waals surface area contributed by atoms with E-state index in [-0.39, 0.29) is 38.9 Å². The molecule has 14 nitrogen and oxygen atoms in total. The van der Waals surface area contributed by atoms with E-state index in [2.05, 4.69) is 10.6 Å². The average Bonchev–Trinajstić information content (AvgIpc) is 3.02. The Labute approximate surface area is 280 Å². The van der Waals surface area contributed by atoms with Crippen molar-refractivity contribution in [2.45, 2.75) is 98.6 Å². The summed E-state index contributed by atoms with van der Waals surface area (Å²) in [6, 6.07) is 6.11. The summed E-state index contributed by atoms with van der Waals surface area (Å²) in [4.78, 5) is 85.6. The van der Waals surface area contributed by atoms with Crippen molar-refractivity contribution in [3.05, 3.63) is 35.9 Å². The number of carbonyl (C=O) groups excluding carboxylic acids is 5. The lowest BCUT2D eigenvalue weighted by atomic mass is 9.80. The lowest BCUT2D eigenvalue weighted by Gasteiger charge is -2.30. The number of hydrogen-bond acceptors (Lipinski definition) is 10. The molecule has 1 aromatic carbocycles. The number of nitrogens with one attached hydrogen (secondary N) is 2. The van der Waals surface area contributed by atoms with E-state index in [9.17, 15) is 43.8 Å². The molecule has 14 heteroatoms. The molecule has 0 spiro atoms. The molecule has 4 unspecified atom stereocenters. The second-order valence-corrected chi connectivity index (χ2v) is 13.1. The molecule has 1 aromatic rings. The van der Waals surface area contributed by atoms with Gasteiger partial charge in [0.1, 0.15) is 19.3 Å². The third-order valence-electron chi connectivity index (χ3n) is 8.09. The van der Waals surface area contributed by atoms with E-state index in [4.69, 9.17) is 14.6 Å². The molecule has 0 saturated heterocycles. The number of carboxylic acids is 3. The monoisotopic (exact) mass is 677 g/mol. The molecule has 4 N–H and O–H groups in total. The van der Waals surface area contributed by atoms with Gasteiger partial charge in [0, 0.05) is 17.3 Å². The Hall–Kier alpha value is -4.49. The number of esters is 2. The fourth-order valence-electron chi connectivity index (χ4n) is 5.00. The lowest BCUT2D eigenvalue weighted by molar-refractivity contribution is -0.308. The first-order valence-corrected chi connectivity index (χ1v) is 16.0. The molecule has 4 atom stereocenters. The third-order valence-corrected chi connectivity index (χ3v) is 8.09. The van der Waals surface area contributed by atoms with Gasteiger partial charge in [0.15, 0.2) is 0 Å². The summed E-state index contributed by atoms with van der Waals surface area (Å²) in [6.07, 6.45) is -0.00451. The number of ether oxygens (including phenoxy) is 2. The van der Waals surface area contributed by atoms with Crippen LogP contribution in [0.1, 0.15) is 85.6 Å². The largest absolute Gasteiger partial charge is 0.548 e. The average molecular weight is 678 g/mol. The predicted octanol–water partition coefficient (Wildman–Crippen LogP) is 1.87. The molecule has 0 aromatic heterocycles. The number of amides is 2. The molecule has 48 heavy (non-hydrogen) atoms. The number of hydrogen-bond donors (Lipinski definition) is 4. The molecule has 0 heterocycles. The van der Waals surface area contributed by atoms with Gasteiger partial charge in [-0.1, -0.05) is 71.9 Å². The van der Waals surface area contributed by atoms with Gasteiger partial charge in [-0.2, -0.15) is 0 Å². The van der Waals surface area contributed by atoms with Crippen LogP contribution in [0.2, 0.25) is 0 Å². The highest BCUT2D eigenvalue weighted by molar-refractivity contribution is 5.88. The first-order chi connectivity index (χ1) is 22.3. The minimum absolute atomic E-state index is 0.0123. The standard InChI is InChI=1S/C34H50N2O12/c1-7-22(19-33(3,4)31(45)35-24(27(39)40)14-15-26(37)38)29(43)47-16-17-48-30(44)23(8-2)20-34(5,6)32(46)36-25(28(41)42)18-21-12-10-9-11-13-21/h9-13,22-25H,7-8,14-20H2,1-6H3,(H,35,45)(H,36,46)(H,37,38)(H,39,40)(H,41,42)/p-1. The van der Waals surface area contributed by atoms with E-state index in [1.807, 2.05) is 0 Å². The number of rotatable bonds is 22. The summed E-state index contributed by atoms with van der Waals surface area (Å²) >= 11 is 0. The van der Waals surface area contributed by atoms with Gasteiger partial charge < -0.3 is 40.2 Å². The second kappa shape index (κ2) is 19.4. The number of carboxylic acid groups (broad SMARTS) is 3. The molecule has 0 fully saturated rings. The Morgan fingerprint density at radius 3 is 1.56 bits per heavy atom. The van der Waals surface area contributed by atoms with E-state index in [0.29, 0.717) is 18.4 Å². The zero-order valence-corrected chi connectivity index (χ0v) is 28.5. The lowest BCUT2D eigenvalue weighted by Crippen LogP contribution is -2.52. The van der Waals surface area contributed by atoms with Crippen LogP contribution in [0.15, 0.2) is 30.3 Å². The topological polar surface area (TPSA) is 226 Å². The second-order valence-electron chi connectivity index (χ2n) is 13.1. The summed E-state index contributed by atoms with van der Waals surface area (Å²) < 4.78 is 10.6. The molecular formula is C34H49N2O12-. The first kappa shape index (κ1) is 41.5. The van der Waals surface area contributed by atoms with Crippen LogP contribution in [-0.4, -0.2) is 77.2 Å². The van der Waals surface area contributed by atoms with Gasteiger partial charge in [0.25, 0.3) is 0 Å². The fourth-order valence-corrected chi connectivity index (χ4v) is 5.00. The maximum absolute atomic E-state index is 13.1. The third kappa shape index (κ3) is 14.1. The van der Waals surface area contributed by atoms with Crippen LogP contribution in [-0.2, 0) is 49.5 Å². The Kier molecular flexibility index (Phi) is 16.8. The van der Waals surface area contributed by atoms with Crippen molar-refractivity contribution in [1.29, 1.82) is 0 Å². The highest BCUT2D eigenvalue weighted by atomic mass is 16.6. The maximum Gasteiger partial charge on any atom is 0.326 e. The fraction of sp³-hybridized carbons (Fsp3) is 0.618. The van der Waals surface area contributed by atoms with Crippen molar-refractivity contribution in [2.24, 2.45) is 22.7 Å². The number of aliphatic carboxylic acids is 3. The van der Waals surface area contributed by atoms with Gasteiger partial charge in [-0.15, -0.1) is 0 Å². The van der Waals surface area contributed by atoms with Gasteiger partial charge in [0.2, 0.25) is 11.8 Å². The summed E-state index contributed by atoms with van der Waals surface area (Å²) in [7, 11) is 0. The SMILES string of the molecule is CCC(CC(C)(C)C(=O)NC(Cc1ccccc1)C(=O)[O-])C(=O)OCCOC(=O)C(CC)CC(C)(C)C(=O)NC(CCC(=O)O)C(=O)O. The van der Waals surface area contributed by atoms with Crippen LogP contribution in [0.25, 0.3) is 0 Å². The summed E-state index contributed by atoms with van der Waals surface area (Å²) in [5.74, 6) is -7.92. The molecule has 0 saturated carbocycles. The van der Waals surface area contributed by atoms with Crippen LogP contribution in [0.3, 0.4) is 0 Å². The van der Waals surface area contributed by atoms with E-state index in [1.165, 1.54) is 13.8 Å². The van der Waals surface area contributed by atoms with Crippen LogP contribution in [0, 0.1) is 22.7 Å². The maximum atomic E-state index is 13.1. The normalized spacial score (nSPS) is 14.0. The molecule has 268 valence electrons. The molecular weight excluding hydrogens is 628 g/mol. The Balaban J connectivity index is 2.67. The summed E-state index contributed by atoms with van der Waals surface area (Å²) in [6.45, 7) is 9.19. The molecule has 0 radical (unpaired) electrons. The zero-order valence-electron chi connectivity index (χ0n) is 28.5. The minimum Gasteiger partial charge on any atom is -0.548 e. The predicted molar refractivity (Wildman–Crippen MR) is 170 cm³/mol. The molecule has 1 rings (SSSR count). The van der Waals surface area contributed by atoms with Crippen molar-refractivity contribution >= 4 is 41.7 Å². The van der Waals surface area contributed by atoms with E-state index in [1.54, 1.807) is 58.0 Å². The first-order valence-electron chi connectivity index (χ1n) is 16.0. The van der Waals surface area contributed by atoms with E-state index in [0.717, 1.165) is 0 Å². The quantitative estimate of drug-likeness (QED) is 0.102. The van der Waals surface area contributed by atoms with Crippen LogP contribution < -0.4 is 15.7 Å². The van der Waals surface area contributed by atoms with Crippen molar-refractivity contribution in [3.8, 4) is 0 Å². The molecule has 0 bridgehead atoms. The van der Waals surface area contributed by atoms with Crippen LogP contribution >= 0.6 is 0 Å². The highest BCUT2D eigenvalue weighted by Gasteiger charge is 2.37. The van der Waals surface area contributed by atoms with Gasteiger partial charge in [-0.05, 0) is 44.1 Å². The molecule has 0 aliphatic rings. The molecule has 0 aliphatic heterocycles. The zero-order chi connectivity index (χ0) is 36.7. The van der Waals surface area contributed by atoms with Crippen molar-refractivity contribution in [3.63, 3.8) is 0 Å². The summed E-state index contributed by atoms with van der Waals surface area (Å²) in [5.41, 5.74) is -1.62. The van der Waals surface area contributed by atoms with Gasteiger partial charge in [-0.25, -0.2) is 4.79 Å². The van der Waals surface area contributed by atoms with E-state index >= 15 is 0 Å². The molecule has 2 amide bonds.